The fourth-order valence-corrected chi connectivity index (χ4v) is 3.35. The van der Waals surface area contributed by atoms with Crippen molar-refractivity contribution in [1.29, 1.82) is 0 Å². The summed E-state index contributed by atoms with van der Waals surface area (Å²) in [5.41, 5.74) is 1.64. The molecule has 0 amide bonds. The fourth-order valence-electron chi connectivity index (χ4n) is 3.35. The van der Waals surface area contributed by atoms with E-state index >= 15 is 0 Å². The van der Waals surface area contributed by atoms with E-state index in [0.29, 0.717) is 0 Å². The summed E-state index contributed by atoms with van der Waals surface area (Å²) in [5.74, 6) is 0. The lowest BCUT2D eigenvalue weighted by molar-refractivity contribution is 0.0304. The van der Waals surface area contributed by atoms with Gasteiger partial charge in [0.15, 0.2) is 0 Å². The first-order valence-corrected chi connectivity index (χ1v) is 7.26. The van der Waals surface area contributed by atoms with Crippen LogP contribution in [0.5, 0.6) is 0 Å². The number of piperazine rings is 1. The molecule has 2 aliphatic heterocycles. The minimum atomic E-state index is 0.0467. The second-order valence-corrected chi connectivity index (χ2v) is 6.35. The van der Waals surface area contributed by atoms with Gasteiger partial charge in [0.25, 0.3) is 0 Å². The SMILES string of the molecule is CC1(c2ccccc2)CN(C2(C)CCOC2)CCN1. The van der Waals surface area contributed by atoms with Gasteiger partial charge in [-0.15, -0.1) is 0 Å². The molecule has 0 bridgehead atoms. The van der Waals surface area contributed by atoms with Crippen molar-refractivity contribution in [3.05, 3.63) is 35.9 Å². The molecule has 0 aromatic heterocycles. The smallest absolute Gasteiger partial charge is 0.0648 e. The Morgan fingerprint density at radius 2 is 2.00 bits per heavy atom. The lowest BCUT2D eigenvalue weighted by Crippen LogP contribution is -2.62. The highest BCUT2D eigenvalue weighted by molar-refractivity contribution is 5.25. The van der Waals surface area contributed by atoms with Gasteiger partial charge in [-0.3, -0.25) is 4.90 Å². The largest absolute Gasteiger partial charge is 0.379 e. The first-order chi connectivity index (χ1) is 9.12. The minimum absolute atomic E-state index is 0.0467. The molecule has 2 saturated heterocycles. The first-order valence-electron chi connectivity index (χ1n) is 7.26. The maximum absolute atomic E-state index is 5.63. The van der Waals surface area contributed by atoms with Gasteiger partial charge in [0.2, 0.25) is 0 Å². The molecule has 0 saturated carbocycles. The van der Waals surface area contributed by atoms with Gasteiger partial charge in [-0.25, -0.2) is 0 Å². The van der Waals surface area contributed by atoms with E-state index in [9.17, 15) is 0 Å². The van der Waals surface area contributed by atoms with Gasteiger partial charge < -0.3 is 10.1 Å². The summed E-state index contributed by atoms with van der Waals surface area (Å²) in [4.78, 5) is 2.61. The number of hydrogen-bond donors (Lipinski definition) is 1. The molecule has 1 aromatic rings. The molecule has 1 aromatic carbocycles. The van der Waals surface area contributed by atoms with E-state index in [2.05, 4.69) is 54.4 Å². The van der Waals surface area contributed by atoms with Crippen molar-refractivity contribution in [2.75, 3.05) is 32.8 Å². The average molecular weight is 260 g/mol. The zero-order valence-corrected chi connectivity index (χ0v) is 12.0. The van der Waals surface area contributed by atoms with Gasteiger partial charge >= 0.3 is 0 Å². The molecule has 2 fully saturated rings. The van der Waals surface area contributed by atoms with Crippen molar-refractivity contribution in [2.24, 2.45) is 0 Å². The summed E-state index contributed by atoms with van der Waals surface area (Å²) in [5, 5.41) is 3.70. The van der Waals surface area contributed by atoms with Crippen LogP contribution in [0.1, 0.15) is 25.8 Å². The van der Waals surface area contributed by atoms with Crippen LogP contribution >= 0.6 is 0 Å². The number of hydrogen-bond acceptors (Lipinski definition) is 3. The maximum atomic E-state index is 5.63. The first kappa shape index (κ1) is 13.1. The predicted octanol–water partition coefficient (Wildman–Crippen LogP) is 1.99. The molecule has 3 nitrogen and oxygen atoms in total. The van der Waals surface area contributed by atoms with E-state index in [1.165, 1.54) is 5.56 Å². The van der Waals surface area contributed by atoms with E-state index in [4.69, 9.17) is 4.74 Å². The topological polar surface area (TPSA) is 24.5 Å². The summed E-state index contributed by atoms with van der Waals surface area (Å²) >= 11 is 0. The normalized spacial score (nSPS) is 36.5. The van der Waals surface area contributed by atoms with Gasteiger partial charge in [0, 0.05) is 31.8 Å². The molecule has 3 rings (SSSR count). The molecule has 0 aliphatic carbocycles. The molecule has 3 heteroatoms. The third kappa shape index (κ3) is 2.42. The van der Waals surface area contributed by atoms with Gasteiger partial charge in [0.1, 0.15) is 0 Å². The van der Waals surface area contributed by atoms with E-state index in [-0.39, 0.29) is 11.1 Å². The molecule has 19 heavy (non-hydrogen) atoms. The summed E-state index contributed by atoms with van der Waals surface area (Å²) in [6.45, 7) is 9.64. The molecule has 2 aliphatic rings. The number of ether oxygens (including phenoxy) is 1. The van der Waals surface area contributed by atoms with Crippen LogP contribution in [0.2, 0.25) is 0 Å². The highest BCUT2D eigenvalue weighted by Gasteiger charge is 2.42. The van der Waals surface area contributed by atoms with Crippen molar-refractivity contribution < 1.29 is 4.74 Å². The molecule has 104 valence electrons. The molecule has 2 unspecified atom stereocenters. The van der Waals surface area contributed by atoms with Gasteiger partial charge in [-0.05, 0) is 25.8 Å². The maximum Gasteiger partial charge on any atom is 0.0648 e. The molecule has 0 spiro atoms. The minimum Gasteiger partial charge on any atom is -0.379 e. The summed E-state index contributed by atoms with van der Waals surface area (Å²) in [7, 11) is 0. The Bertz CT molecular complexity index is 428. The average Bonchev–Trinajstić information content (AvgIpc) is 2.88. The molecular formula is C16H24N2O. The molecule has 0 radical (unpaired) electrons. The van der Waals surface area contributed by atoms with E-state index in [1.807, 2.05) is 0 Å². The number of benzene rings is 1. The second-order valence-electron chi connectivity index (χ2n) is 6.35. The Labute approximate surface area is 115 Å². The van der Waals surface area contributed by atoms with E-state index < -0.39 is 0 Å². The van der Waals surface area contributed by atoms with Crippen molar-refractivity contribution >= 4 is 0 Å². The standard InChI is InChI=1S/C16H24N2O/c1-15(8-11-19-13-15)18-10-9-17-16(2,12-18)14-6-4-3-5-7-14/h3-7,17H,8-13H2,1-2H3. The summed E-state index contributed by atoms with van der Waals surface area (Å²) in [6.07, 6.45) is 1.15. The number of nitrogens with zero attached hydrogens (tertiary/aromatic N) is 1. The van der Waals surface area contributed by atoms with Crippen LogP contribution in [-0.2, 0) is 10.3 Å². The lowest BCUT2D eigenvalue weighted by Gasteiger charge is -2.48. The predicted molar refractivity (Wildman–Crippen MR) is 77.2 cm³/mol. The fraction of sp³-hybridized carbons (Fsp3) is 0.625. The molecule has 1 N–H and O–H groups in total. The van der Waals surface area contributed by atoms with Crippen molar-refractivity contribution in [1.82, 2.24) is 10.2 Å². The van der Waals surface area contributed by atoms with Crippen molar-refractivity contribution in [3.8, 4) is 0 Å². The summed E-state index contributed by atoms with van der Waals surface area (Å²) in [6, 6.07) is 10.8. The van der Waals surface area contributed by atoms with Gasteiger partial charge in [0.05, 0.1) is 12.1 Å². The highest BCUT2D eigenvalue weighted by atomic mass is 16.5. The second kappa shape index (κ2) is 4.89. The van der Waals surface area contributed by atoms with Crippen LogP contribution in [0.15, 0.2) is 30.3 Å². The Kier molecular flexibility index (Phi) is 3.37. The molecule has 2 heterocycles. The van der Waals surface area contributed by atoms with Gasteiger partial charge in [-0.1, -0.05) is 30.3 Å². The van der Waals surface area contributed by atoms with Crippen LogP contribution in [0, 0.1) is 0 Å². The summed E-state index contributed by atoms with van der Waals surface area (Å²) < 4.78 is 5.63. The third-order valence-corrected chi connectivity index (χ3v) is 4.78. The Morgan fingerprint density at radius 3 is 2.68 bits per heavy atom. The molecule has 2 atom stereocenters. The monoisotopic (exact) mass is 260 g/mol. The zero-order valence-electron chi connectivity index (χ0n) is 12.0. The van der Waals surface area contributed by atoms with Crippen LogP contribution in [0.3, 0.4) is 0 Å². The van der Waals surface area contributed by atoms with E-state index in [1.54, 1.807) is 0 Å². The Balaban J connectivity index is 1.81. The highest BCUT2D eigenvalue weighted by Crippen LogP contribution is 2.32. The number of nitrogens with one attached hydrogen (secondary N) is 1. The quantitative estimate of drug-likeness (QED) is 0.880. The van der Waals surface area contributed by atoms with Crippen LogP contribution in [0.25, 0.3) is 0 Å². The van der Waals surface area contributed by atoms with Crippen molar-refractivity contribution in [2.45, 2.75) is 31.3 Å². The lowest BCUT2D eigenvalue weighted by atomic mass is 9.86. The Morgan fingerprint density at radius 1 is 1.21 bits per heavy atom. The van der Waals surface area contributed by atoms with Crippen LogP contribution in [-0.4, -0.2) is 43.3 Å². The molecular weight excluding hydrogens is 236 g/mol. The number of rotatable bonds is 2. The van der Waals surface area contributed by atoms with E-state index in [0.717, 1.165) is 39.3 Å². The van der Waals surface area contributed by atoms with Gasteiger partial charge in [-0.2, -0.15) is 0 Å². The van der Waals surface area contributed by atoms with Crippen molar-refractivity contribution in [3.63, 3.8) is 0 Å². The third-order valence-electron chi connectivity index (χ3n) is 4.78. The zero-order chi connectivity index (χ0) is 13.3. The van der Waals surface area contributed by atoms with Crippen LogP contribution in [0.4, 0.5) is 0 Å². The van der Waals surface area contributed by atoms with Crippen LogP contribution < -0.4 is 5.32 Å². The Hall–Kier alpha value is -0.900.